The van der Waals surface area contributed by atoms with Gasteiger partial charge in [-0.3, -0.25) is 4.79 Å². The second kappa shape index (κ2) is 8.68. The minimum atomic E-state index is -3.51. The van der Waals surface area contributed by atoms with Crippen LogP contribution in [-0.4, -0.2) is 65.7 Å². The van der Waals surface area contributed by atoms with Gasteiger partial charge in [0.2, 0.25) is 21.8 Å². The van der Waals surface area contributed by atoms with Crippen LogP contribution in [0.1, 0.15) is 30.2 Å². The van der Waals surface area contributed by atoms with E-state index in [9.17, 15) is 13.2 Å². The highest BCUT2D eigenvalue weighted by molar-refractivity contribution is 7.99. The third kappa shape index (κ3) is 5.26. The van der Waals surface area contributed by atoms with E-state index in [4.69, 9.17) is 4.42 Å². The van der Waals surface area contributed by atoms with Crippen LogP contribution in [0.15, 0.2) is 45.4 Å². The SMILES string of the molecule is O=C(CSc1nnc(C2CC2)o1)N1CCN(S(=O)(=O)C=Cc2ccccc2)CC1. The van der Waals surface area contributed by atoms with Crippen molar-refractivity contribution in [1.82, 2.24) is 19.4 Å². The number of hydrogen-bond acceptors (Lipinski definition) is 7. The van der Waals surface area contributed by atoms with Crippen molar-refractivity contribution in [2.45, 2.75) is 24.0 Å². The molecule has 0 atom stereocenters. The van der Waals surface area contributed by atoms with E-state index in [2.05, 4.69) is 10.2 Å². The van der Waals surface area contributed by atoms with E-state index >= 15 is 0 Å². The van der Waals surface area contributed by atoms with Crippen LogP contribution in [0, 0.1) is 0 Å². The maximum Gasteiger partial charge on any atom is 0.277 e. The molecular formula is C19H22N4O4S2. The number of thioether (sulfide) groups is 1. The molecular weight excluding hydrogens is 412 g/mol. The lowest BCUT2D eigenvalue weighted by Crippen LogP contribution is -2.50. The van der Waals surface area contributed by atoms with Gasteiger partial charge in [-0.1, -0.05) is 42.1 Å². The Hall–Kier alpha value is -2.17. The van der Waals surface area contributed by atoms with E-state index in [1.807, 2.05) is 30.3 Å². The zero-order valence-electron chi connectivity index (χ0n) is 15.8. The van der Waals surface area contributed by atoms with Crippen molar-refractivity contribution in [1.29, 1.82) is 0 Å². The second-order valence-corrected chi connectivity index (χ2v) is 9.75. The molecule has 0 spiro atoms. The summed E-state index contributed by atoms with van der Waals surface area (Å²) in [5, 5.41) is 9.60. The van der Waals surface area contributed by atoms with Gasteiger partial charge in [-0.05, 0) is 24.5 Å². The number of piperazine rings is 1. The third-order valence-corrected chi connectivity index (χ3v) is 7.22. The first kappa shape index (κ1) is 20.1. The minimum absolute atomic E-state index is 0.0574. The van der Waals surface area contributed by atoms with E-state index < -0.39 is 10.0 Å². The maximum atomic E-state index is 12.5. The van der Waals surface area contributed by atoms with Gasteiger partial charge in [0.1, 0.15) is 0 Å². The molecule has 0 bridgehead atoms. The van der Waals surface area contributed by atoms with Crippen LogP contribution in [0.2, 0.25) is 0 Å². The molecule has 1 aromatic heterocycles. The number of rotatable bonds is 7. The monoisotopic (exact) mass is 434 g/mol. The van der Waals surface area contributed by atoms with Gasteiger partial charge < -0.3 is 9.32 Å². The van der Waals surface area contributed by atoms with Crippen molar-refractivity contribution < 1.29 is 17.6 Å². The number of nitrogens with zero attached hydrogens (tertiary/aromatic N) is 4. The Balaban J connectivity index is 1.25. The van der Waals surface area contributed by atoms with Crippen molar-refractivity contribution >= 4 is 33.8 Å². The van der Waals surface area contributed by atoms with Crippen LogP contribution < -0.4 is 0 Å². The molecule has 0 unspecified atom stereocenters. The highest BCUT2D eigenvalue weighted by Gasteiger charge is 2.30. The van der Waals surface area contributed by atoms with E-state index in [0.717, 1.165) is 18.4 Å². The molecule has 154 valence electrons. The van der Waals surface area contributed by atoms with Gasteiger partial charge in [-0.15, -0.1) is 10.2 Å². The van der Waals surface area contributed by atoms with Gasteiger partial charge in [-0.2, -0.15) is 4.31 Å². The summed E-state index contributed by atoms with van der Waals surface area (Å²) in [6, 6.07) is 9.28. The quantitative estimate of drug-likeness (QED) is 0.616. The largest absolute Gasteiger partial charge is 0.416 e. The Morgan fingerprint density at radius 1 is 1.14 bits per heavy atom. The van der Waals surface area contributed by atoms with Crippen molar-refractivity contribution in [2.75, 3.05) is 31.9 Å². The molecule has 1 aromatic carbocycles. The van der Waals surface area contributed by atoms with Gasteiger partial charge >= 0.3 is 0 Å². The number of hydrogen-bond donors (Lipinski definition) is 0. The standard InChI is InChI=1S/C19H22N4O4S2/c24-17(14-28-19-21-20-18(27-19)16-6-7-16)22-9-11-23(12-10-22)29(25,26)13-8-15-4-2-1-3-5-15/h1-5,8,13,16H,6-7,9-12,14H2. The summed E-state index contributed by atoms with van der Waals surface area (Å²) in [7, 11) is -3.51. The molecule has 29 heavy (non-hydrogen) atoms. The molecule has 1 aliphatic heterocycles. The fraction of sp³-hybridized carbons (Fsp3) is 0.421. The molecule has 2 aliphatic rings. The van der Waals surface area contributed by atoms with E-state index in [1.165, 1.54) is 21.5 Å². The lowest BCUT2D eigenvalue weighted by atomic mass is 10.2. The Kier molecular flexibility index (Phi) is 6.02. The van der Waals surface area contributed by atoms with E-state index in [0.29, 0.717) is 30.1 Å². The van der Waals surface area contributed by atoms with Crippen molar-refractivity contribution in [2.24, 2.45) is 0 Å². The number of amides is 1. The summed E-state index contributed by atoms with van der Waals surface area (Å²) in [5.41, 5.74) is 0.827. The predicted molar refractivity (Wildman–Crippen MR) is 110 cm³/mol. The Labute approximate surface area is 174 Å². The molecule has 1 saturated carbocycles. The lowest BCUT2D eigenvalue weighted by molar-refractivity contribution is -0.129. The Bertz CT molecular complexity index is 979. The normalized spacial score (nSPS) is 18.4. The van der Waals surface area contributed by atoms with Gasteiger partial charge in [0, 0.05) is 37.5 Å². The van der Waals surface area contributed by atoms with E-state index in [1.54, 1.807) is 11.0 Å². The number of aromatic nitrogens is 2. The molecule has 8 nitrogen and oxygen atoms in total. The van der Waals surface area contributed by atoms with Crippen LogP contribution >= 0.6 is 11.8 Å². The molecule has 0 N–H and O–H groups in total. The molecule has 1 amide bonds. The molecule has 1 aliphatic carbocycles. The molecule has 0 radical (unpaired) electrons. The van der Waals surface area contributed by atoms with E-state index in [-0.39, 0.29) is 24.7 Å². The maximum absolute atomic E-state index is 12.5. The number of carbonyl (C=O) groups excluding carboxylic acids is 1. The van der Waals surface area contributed by atoms with Crippen molar-refractivity contribution in [3.8, 4) is 0 Å². The van der Waals surface area contributed by atoms with Crippen LogP contribution in [0.3, 0.4) is 0 Å². The average molecular weight is 435 g/mol. The zero-order chi connectivity index (χ0) is 20.3. The lowest BCUT2D eigenvalue weighted by Gasteiger charge is -2.33. The minimum Gasteiger partial charge on any atom is -0.416 e. The number of sulfonamides is 1. The molecule has 1 saturated heterocycles. The van der Waals surface area contributed by atoms with Crippen LogP contribution in [0.5, 0.6) is 0 Å². The summed E-state index contributed by atoms with van der Waals surface area (Å²) in [4.78, 5) is 14.1. The van der Waals surface area contributed by atoms with Crippen LogP contribution in [0.4, 0.5) is 0 Å². The summed E-state index contributed by atoms with van der Waals surface area (Å²) in [6.07, 6.45) is 3.75. The fourth-order valence-electron chi connectivity index (χ4n) is 3.00. The molecule has 2 fully saturated rings. The molecule has 2 aromatic rings. The van der Waals surface area contributed by atoms with Gasteiger partial charge in [0.15, 0.2) is 0 Å². The zero-order valence-corrected chi connectivity index (χ0v) is 17.4. The average Bonchev–Trinajstić information content (AvgIpc) is 3.49. The Morgan fingerprint density at radius 3 is 2.55 bits per heavy atom. The molecule has 10 heteroatoms. The van der Waals surface area contributed by atoms with Crippen LogP contribution in [0.25, 0.3) is 6.08 Å². The number of carbonyl (C=O) groups is 1. The van der Waals surface area contributed by atoms with Gasteiger partial charge in [0.05, 0.1) is 5.75 Å². The van der Waals surface area contributed by atoms with Gasteiger partial charge in [0.25, 0.3) is 5.22 Å². The Morgan fingerprint density at radius 2 is 1.86 bits per heavy atom. The topological polar surface area (TPSA) is 96.6 Å². The third-order valence-electron chi connectivity index (χ3n) is 4.85. The highest BCUT2D eigenvalue weighted by Crippen LogP contribution is 2.39. The first-order valence-electron chi connectivity index (χ1n) is 9.48. The predicted octanol–water partition coefficient (Wildman–Crippen LogP) is 2.18. The molecule has 2 heterocycles. The molecule has 4 rings (SSSR count). The summed E-state index contributed by atoms with van der Waals surface area (Å²) < 4.78 is 32.0. The van der Waals surface area contributed by atoms with Gasteiger partial charge in [-0.25, -0.2) is 8.42 Å². The first-order valence-corrected chi connectivity index (χ1v) is 12.0. The number of benzene rings is 1. The summed E-state index contributed by atoms with van der Waals surface area (Å²) in [6.45, 7) is 1.30. The summed E-state index contributed by atoms with van der Waals surface area (Å²) in [5.74, 6) is 1.19. The fourth-order valence-corrected chi connectivity index (χ4v) is 4.84. The smallest absolute Gasteiger partial charge is 0.277 e. The van der Waals surface area contributed by atoms with Crippen molar-refractivity contribution in [3.05, 3.63) is 47.2 Å². The second-order valence-electron chi connectivity index (χ2n) is 7.01. The summed E-state index contributed by atoms with van der Waals surface area (Å²) >= 11 is 1.23. The van der Waals surface area contributed by atoms with Crippen LogP contribution in [-0.2, 0) is 14.8 Å². The highest BCUT2D eigenvalue weighted by atomic mass is 32.2. The first-order chi connectivity index (χ1) is 14.0. The van der Waals surface area contributed by atoms with Crippen molar-refractivity contribution in [3.63, 3.8) is 0 Å².